The molecular weight excluding hydrogens is 735 g/mol. The molecule has 8 aromatic carbocycles. The Labute approximate surface area is 337 Å². The van der Waals surface area contributed by atoms with E-state index < -0.39 is 6.17 Å². The largest absolute Gasteiger partial charge is 0.455 e. The second kappa shape index (κ2) is 14.1. The summed E-state index contributed by atoms with van der Waals surface area (Å²) in [7, 11) is 0. The van der Waals surface area contributed by atoms with Gasteiger partial charge in [0.2, 0.25) is 0 Å². The Hall–Kier alpha value is -6.12. The zero-order chi connectivity index (χ0) is 37.9. The molecule has 0 saturated heterocycles. The maximum atomic E-state index is 7.07. The summed E-state index contributed by atoms with van der Waals surface area (Å²) in [4.78, 5) is 0. The molecule has 0 aliphatic rings. The number of fused-ring (bicyclic) bond motifs is 9. The van der Waals surface area contributed by atoms with Crippen molar-refractivity contribution in [1.29, 1.82) is 0 Å². The zero-order valence-corrected chi connectivity index (χ0v) is 32.5. The molecule has 2 unspecified atom stereocenters. The van der Waals surface area contributed by atoms with Crippen LogP contribution in [0.3, 0.4) is 0 Å². The first-order valence-electron chi connectivity index (χ1n) is 19.3. The Kier molecular flexibility index (Phi) is 8.46. The van der Waals surface area contributed by atoms with Crippen molar-refractivity contribution < 1.29 is 4.42 Å². The van der Waals surface area contributed by atoms with Crippen LogP contribution in [0, 0.1) is 0 Å². The van der Waals surface area contributed by atoms with Gasteiger partial charge in [-0.05, 0) is 28.8 Å². The number of furan rings is 1. The number of hydrogen-bond donors (Lipinski definition) is 3. The molecular formula is C51H37N3OS2. The summed E-state index contributed by atoms with van der Waals surface area (Å²) in [6, 6.07) is 62.6. The van der Waals surface area contributed by atoms with E-state index in [0.717, 1.165) is 38.6 Å². The Morgan fingerprint density at radius 3 is 1.81 bits per heavy atom. The van der Waals surface area contributed by atoms with E-state index in [1.54, 1.807) is 0 Å². The third-order valence-corrected chi connectivity index (χ3v) is 13.7. The van der Waals surface area contributed by atoms with Crippen molar-refractivity contribution in [3.05, 3.63) is 193 Å². The third kappa shape index (κ3) is 5.84. The standard InChI is InChI=1S/C51H37N3OS2/c52-50(32-16-5-2-6-17-32)54-51(53-30-31-14-3-1-4-15-31)42-27-10-21-35-34-20-9-22-36(46(34)55-47(35)42)38-24-12-26-40-39-25-11-23-37(48(39)57-49(38)40)33-19-13-29-44-45(33)41-18-7-8-28-43(41)56-44/h1-29,50-51,53-54H,30,52H2. The number of rotatable bonds is 9. The highest BCUT2D eigenvalue weighted by molar-refractivity contribution is 7.27. The monoisotopic (exact) mass is 771 g/mol. The van der Waals surface area contributed by atoms with Gasteiger partial charge in [0.1, 0.15) is 11.2 Å². The highest BCUT2D eigenvalue weighted by Crippen LogP contribution is 2.48. The van der Waals surface area contributed by atoms with Gasteiger partial charge >= 0.3 is 0 Å². The maximum absolute atomic E-state index is 7.07. The highest BCUT2D eigenvalue weighted by Gasteiger charge is 2.23. The van der Waals surface area contributed by atoms with Gasteiger partial charge in [0.05, 0.1) is 12.3 Å². The van der Waals surface area contributed by atoms with Crippen LogP contribution >= 0.6 is 22.7 Å². The fourth-order valence-corrected chi connectivity index (χ4v) is 11.0. The summed E-state index contributed by atoms with van der Waals surface area (Å²) in [6.45, 7) is 0.662. The molecule has 0 fully saturated rings. The van der Waals surface area contributed by atoms with Gasteiger partial charge < -0.3 is 10.2 Å². The number of nitrogens with two attached hydrogens (primary N) is 1. The van der Waals surface area contributed by atoms with Crippen LogP contribution in [0.15, 0.2) is 180 Å². The number of benzene rings is 8. The lowest BCUT2D eigenvalue weighted by Crippen LogP contribution is -2.39. The van der Waals surface area contributed by atoms with Crippen molar-refractivity contribution in [1.82, 2.24) is 10.6 Å². The average Bonchev–Trinajstić information content (AvgIpc) is 3.97. The van der Waals surface area contributed by atoms with Crippen LogP contribution in [0.25, 0.3) is 84.5 Å². The molecule has 0 spiro atoms. The van der Waals surface area contributed by atoms with Gasteiger partial charge in [-0.25, -0.2) is 0 Å². The molecule has 6 heteroatoms. The number of thiophene rings is 2. The van der Waals surface area contributed by atoms with Crippen LogP contribution < -0.4 is 16.4 Å². The van der Waals surface area contributed by atoms with Gasteiger partial charge in [0.15, 0.2) is 0 Å². The lowest BCUT2D eigenvalue weighted by Gasteiger charge is -2.25. The predicted octanol–water partition coefficient (Wildman–Crippen LogP) is 13.7. The minimum Gasteiger partial charge on any atom is -0.455 e. The van der Waals surface area contributed by atoms with Crippen molar-refractivity contribution in [2.75, 3.05) is 0 Å². The molecule has 4 N–H and O–H groups in total. The molecule has 0 aliphatic carbocycles. The summed E-state index contributed by atoms with van der Waals surface area (Å²) >= 11 is 3.75. The fraction of sp³-hybridized carbons (Fsp3) is 0.0588. The van der Waals surface area contributed by atoms with E-state index in [2.05, 4.69) is 162 Å². The zero-order valence-electron chi connectivity index (χ0n) is 30.9. The second-order valence-corrected chi connectivity index (χ2v) is 16.7. The first-order chi connectivity index (χ1) is 28.2. The number of nitrogens with one attached hydrogen (secondary N) is 2. The molecule has 0 aliphatic heterocycles. The molecule has 274 valence electrons. The normalized spacial score (nSPS) is 13.1. The summed E-state index contributed by atoms with van der Waals surface area (Å²) in [5, 5.41) is 14.8. The van der Waals surface area contributed by atoms with E-state index in [1.807, 2.05) is 46.9 Å². The van der Waals surface area contributed by atoms with Gasteiger partial charge in [0.25, 0.3) is 0 Å². The first-order valence-corrected chi connectivity index (χ1v) is 21.0. The lowest BCUT2D eigenvalue weighted by molar-refractivity contribution is 0.385. The lowest BCUT2D eigenvalue weighted by atomic mass is 9.97. The van der Waals surface area contributed by atoms with Crippen molar-refractivity contribution in [3.63, 3.8) is 0 Å². The van der Waals surface area contributed by atoms with Crippen molar-refractivity contribution in [2.24, 2.45) is 5.73 Å². The highest BCUT2D eigenvalue weighted by atomic mass is 32.1. The summed E-state index contributed by atoms with van der Waals surface area (Å²) in [5.41, 5.74) is 16.6. The van der Waals surface area contributed by atoms with Gasteiger partial charge in [-0.3, -0.25) is 10.6 Å². The van der Waals surface area contributed by atoms with E-state index in [4.69, 9.17) is 10.2 Å². The Bertz CT molecular complexity index is 3250. The second-order valence-electron chi connectivity index (χ2n) is 14.6. The predicted molar refractivity (Wildman–Crippen MR) is 243 cm³/mol. The molecule has 0 radical (unpaired) electrons. The Morgan fingerprint density at radius 1 is 0.474 bits per heavy atom. The fourth-order valence-electron chi connectivity index (χ4n) is 8.54. The SMILES string of the molecule is NC(NC(NCc1ccccc1)c1cccc2c1oc1c(-c3cccc4c3sc3c(-c5cccc6sc7ccccc7c56)cccc34)cccc12)c1ccccc1. The molecule has 3 aromatic heterocycles. The first kappa shape index (κ1) is 34.2. The van der Waals surface area contributed by atoms with Gasteiger partial charge in [-0.1, -0.05) is 164 Å². The quantitative estimate of drug-likeness (QED) is 0.128. The Morgan fingerprint density at radius 2 is 1.04 bits per heavy atom. The summed E-state index contributed by atoms with van der Waals surface area (Å²) in [5.74, 6) is 0. The van der Waals surface area contributed by atoms with E-state index in [9.17, 15) is 0 Å². The average molecular weight is 772 g/mol. The van der Waals surface area contributed by atoms with Crippen LogP contribution in [-0.4, -0.2) is 0 Å². The van der Waals surface area contributed by atoms with E-state index in [1.165, 1.54) is 62.6 Å². The van der Waals surface area contributed by atoms with E-state index >= 15 is 0 Å². The third-order valence-electron chi connectivity index (χ3n) is 11.2. The minimum atomic E-state index is -0.393. The van der Waals surface area contributed by atoms with Crippen LogP contribution in [0.5, 0.6) is 0 Å². The molecule has 2 atom stereocenters. The Balaban J connectivity index is 1.06. The van der Waals surface area contributed by atoms with Crippen LogP contribution in [0.2, 0.25) is 0 Å². The van der Waals surface area contributed by atoms with Crippen molar-refractivity contribution in [3.8, 4) is 22.3 Å². The molecule has 57 heavy (non-hydrogen) atoms. The van der Waals surface area contributed by atoms with Crippen LogP contribution in [0.4, 0.5) is 0 Å². The van der Waals surface area contributed by atoms with Gasteiger partial charge in [-0.2, -0.15) is 0 Å². The number of para-hydroxylation sites is 2. The number of hydrogen-bond acceptors (Lipinski definition) is 6. The molecule has 0 bridgehead atoms. The van der Waals surface area contributed by atoms with Crippen molar-refractivity contribution in [2.45, 2.75) is 18.9 Å². The van der Waals surface area contributed by atoms with Gasteiger partial charge in [0, 0.05) is 79.9 Å². The van der Waals surface area contributed by atoms with Gasteiger partial charge in [-0.15, -0.1) is 22.7 Å². The van der Waals surface area contributed by atoms with Crippen LogP contribution in [-0.2, 0) is 6.54 Å². The molecule has 4 nitrogen and oxygen atoms in total. The molecule has 0 amide bonds. The molecule has 3 heterocycles. The van der Waals surface area contributed by atoms with Crippen molar-refractivity contribution >= 4 is 85.0 Å². The van der Waals surface area contributed by atoms with E-state index in [-0.39, 0.29) is 6.17 Å². The molecule has 11 rings (SSSR count). The topological polar surface area (TPSA) is 63.2 Å². The van der Waals surface area contributed by atoms with E-state index in [0.29, 0.717) is 6.54 Å². The smallest absolute Gasteiger partial charge is 0.143 e. The maximum Gasteiger partial charge on any atom is 0.143 e. The summed E-state index contributed by atoms with van der Waals surface area (Å²) < 4.78 is 12.3. The molecule has 11 aromatic rings. The van der Waals surface area contributed by atoms with Crippen LogP contribution in [0.1, 0.15) is 29.0 Å². The summed E-state index contributed by atoms with van der Waals surface area (Å²) in [6.07, 6.45) is -0.682. The molecule has 0 saturated carbocycles. The minimum absolute atomic E-state index is 0.289.